The van der Waals surface area contributed by atoms with Crippen molar-refractivity contribution < 1.29 is 4.74 Å². The molecule has 0 radical (unpaired) electrons. The first-order valence-corrected chi connectivity index (χ1v) is 8.05. The van der Waals surface area contributed by atoms with Crippen molar-refractivity contribution in [1.82, 2.24) is 19.5 Å². The first kappa shape index (κ1) is 16.2. The van der Waals surface area contributed by atoms with Crippen molar-refractivity contribution in [1.29, 1.82) is 0 Å². The van der Waals surface area contributed by atoms with E-state index in [-0.39, 0.29) is 6.04 Å². The van der Waals surface area contributed by atoms with Crippen LogP contribution in [0.3, 0.4) is 0 Å². The minimum absolute atomic E-state index is 0.243. The maximum atomic E-state index is 5.70. The molecule has 7 heteroatoms. The second-order valence-corrected chi connectivity index (χ2v) is 5.73. The number of ether oxygens (including phenoxy) is 1. The Kier molecular flexibility index (Phi) is 4.61. The Morgan fingerprint density at radius 2 is 2.12 bits per heavy atom. The molecule has 0 amide bonds. The monoisotopic (exact) mass is 326 g/mol. The van der Waals surface area contributed by atoms with Crippen molar-refractivity contribution in [3.8, 4) is 5.88 Å². The molecule has 0 aliphatic rings. The first-order valence-electron chi connectivity index (χ1n) is 8.05. The number of hydrogen-bond donors (Lipinski definition) is 2. The van der Waals surface area contributed by atoms with Crippen LogP contribution in [0.4, 0.5) is 11.6 Å². The maximum absolute atomic E-state index is 5.70. The van der Waals surface area contributed by atoms with Crippen LogP contribution in [0.1, 0.15) is 32.4 Å². The van der Waals surface area contributed by atoms with Crippen LogP contribution in [0.25, 0.3) is 11.2 Å². The Balaban J connectivity index is 2.04. The predicted octanol–water partition coefficient (Wildman–Crippen LogP) is 3.01. The molecule has 0 saturated carbocycles. The molecule has 1 aromatic carbocycles. The first-order chi connectivity index (χ1) is 11.6. The van der Waals surface area contributed by atoms with Crippen LogP contribution >= 0.6 is 0 Å². The van der Waals surface area contributed by atoms with E-state index in [1.807, 2.05) is 35.8 Å². The minimum atomic E-state index is 0.243. The van der Waals surface area contributed by atoms with Crippen molar-refractivity contribution in [2.24, 2.45) is 5.73 Å². The molecule has 0 atom stereocenters. The fourth-order valence-corrected chi connectivity index (χ4v) is 2.47. The number of anilines is 2. The van der Waals surface area contributed by atoms with Gasteiger partial charge in [-0.25, -0.2) is 4.98 Å². The highest BCUT2D eigenvalue weighted by molar-refractivity contribution is 5.78. The smallest absolute Gasteiger partial charge is 0.247 e. The van der Waals surface area contributed by atoms with E-state index in [1.54, 1.807) is 6.33 Å². The van der Waals surface area contributed by atoms with Crippen LogP contribution in [0.15, 0.2) is 30.6 Å². The number of nitrogens with two attached hydrogens (primary N) is 1. The molecule has 0 aliphatic heterocycles. The highest BCUT2D eigenvalue weighted by Crippen LogP contribution is 2.26. The van der Waals surface area contributed by atoms with Gasteiger partial charge in [-0.1, -0.05) is 12.1 Å². The molecule has 2 aromatic heterocycles. The van der Waals surface area contributed by atoms with Gasteiger partial charge in [0.25, 0.3) is 0 Å². The van der Waals surface area contributed by atoms with Gasteiger partial charge in [0, 0.05) is 18.3 Å². The molecule has 0 bridgehead atoms. The van der Waals surface area contributed by atoms with Crippen molar-refractivity contribution in [3.05, 3.63) is 36.2 Å². The van der Waals surface area contributed by atoms with Gasteiger partial charge in [-0.15, -0.1) is 0 Å². The van der Waals surface area contributed by atoms with E-state index in [0.717, 1.165) is 16.9 Å². The number of hydrogen-bond acceptors (Lipinski definition) is 6. The number of nitrogens with zero attached hydrogens (tertiary/aromatic N) is 4. The third kappa shape index (κ3) is 3.16. The van der Waals surface area contributed by atoms with E-state index in [9.17, 15) is 0 Å². The molecule has 126 valence electrons. The van der Waals surface area contributed by atoms with Gasteiger partial charge >= 0.3 is 0 Å². The van der Waals surface area contributed by atoms with Gasteiger partial charge in [-0.05, 0) is 38.5 Å². The van der Waals surface area contributed by atoms with Crippen LogP contribution in [0, 0.1) is 0 Å². The average molecular weight is 326 g/mol. The summed E-state index contributed by atoms with van der Waals surface area (Å²) in [4.78, 5) is 13.5. The van der Waals surface area contributed by atoms with Crippen LogP contribution < -0.4 is 15.8 Å². The summed E-state index contributed by atoms with van der Waals surface area (Å²) in [5.74, 6) is 0.960. The normalized spacial score (nSPS) is 11.2. The SMILES string of the molecule is CCOc1nc(Nc2cccc(CN)c2)nc2c1ncn2C(C)C. The van der Waals surface area contributed by atoms with Crippen molar-refractivity contribution in [2.75, 3.05) is 11.9 Å². The number of aromatic nitrogens is 4. The quantitative estimate of drug-likeness (QED) is 0.723. The molecule has 0 unspecified atom stereocenters. The molecule has 2 heterocycles. The Labute approximate surface area is 140 Å². The van der Waals surface area contributed by atoms with Crippen LogP contribution in [-0.2, 0) is 6.54 Å². The van der Waals surface area contributed by atoms with Gasteiger partial charge in [-0.3, -0.25) is 0 Å². The second-order valence-electron chi connectivity index (χ2n) is 5.73. The van der Waals surface area contributed by atoms with Gasteiger partial charge < -0.3 is 20.4 Å². The summed E-state index contributed by atoms with van der Waals surface area (Å²) in [6.45, 7) is 7.09. The zero-order valence-corrected chi connectivity index (χ0v) is 14.2. The van der Waals surface area contributed by atoms with Crippen LogP contribution in [-0.4, -0.2) is 26.1 Å². The number of nitrogens with one attached hydrogen (secondary N) is 1. The molecule has 3 rings (SSSR count). The number of rotatable bonds is 6. The predicted molar refractivity (Wildman–Crippen MR) is 94.5 cm³/mol. The third-order valence-electron chi connectivity index (χ3n) is 3.65. The van der Waals surface area contributed by atoms with Crippen molar-refractivity contribution >= 4 is 22.8 Å². The van der Waals surface area contributed by atoms with Gasteiger partial charge in [0.15, 0.2) is 11.2 Å². The standard InChI is InChI=1S/C17H22N6O/c1-4-24-16-14-15(23(10-19-14)11(2)3)21-17(22-16)20-13-7-5-6-12(8-13)9-18/h5-8,10-11H,4,9,18H2,1-3H3,(H,20,21,22). The minimum Gasteiger partial charge on any atom is -0.476 e. The summed E-state index contributed by atoms with van der Waals surface area (Å²) in [5.41, 5.74) is 9.05. The largest absolute Gasteiger partial charge is 0.476 e. The fraction of sp³-hybridized carbons (Fsp3) is 0.353. The van der Waals surface area contributed by atoms with E-state index in [4.69, 9.17) is 10.5 Å². The summed E-state index contributed by atoms with van der Waals surface area (Å²) in [7, 11) is 0. The second kappa shape index (κ2) is 6.84. The van der Waals surface area contributed by atoms with E-state index < -0.39 is 0 Å². The summed E-state index contributed by atoms with van der Waals surface area (Å²) >= 11 is 0. The Hall–Kier alpha value is -2.67. The lowest BCUT2D eigenvalue weighted by molar-refractivity contribution is 0.330. The van der Waals surface area contributed by atoms with E-state index in [0.29, 0.717) is 30.5 Å². The molecule has 0 spiro atoms. The van der Waals surface area contributed by atoms with E-state index in [1.165, 1.54) is 0 Å². The summed E-state index contributed by atoms with van der Waals surface area (Å²) in [6, 6.07) is 8.10. The number of benzene rings is 1. The Morgan fingerprint density at radius 1 is 1.29 bits per heavy atom. The molecule has 0 fully saturated rings. The maximum Gasteiger partial charge on any atom is 0.247 e. The Morgan fingerprint density at radius 3 is 2.83 bits per heavy atom. The molecule has 0 aliphatic carbocycles. The highest BCUT2D eigenvalue weighted by atomic mass is 16.5. The zero-order chi connectivity index (χ0) is 17.1. The molecular weight excluding hydrogens is 304 g/mol. The Bertz CT molecular complexity index is 842. The zero-order valence-electron chi connectivity index (χ0n) is 14.2. The molecule has 3 N–H and O–H groups in total. The molecule has 7 nitrogen and oxygen atoms in total. The third-order valence-corrected chi connectivity index (χ3v) is 3.65. The average Bonchev–Trinajstić information content (AvgIpc) is 2.99. The van der Waals surface area contributed by atoms with Crippen LogP contribution in [0.2, 0.25) is 0 Å². The van der Waals surface area contributed by atoms with Gasteiger partial charge in [0.2, 0.25) is 11.8 Å². The number of fused-ring (bicyclic) bond motifs is 1. The van der Waals surface area contributed by atoms with E-state index >= 15 is 0 Å². The fourth-order valence-electron chi connectivity index (χ4n) is 2.47. The van der Waals surface area contributed by atoms with Crippen molar-refractivity contribution in [3.63, 3.8) is 0 Å². The van der Waals surface area contributed by atoms with E-state index in [2.05, 4.69) is 34.1 Å². The summed E-state index contributed by atoms with van der Waals surface area (Å²) in [5, 5.41) is 3.23. The molecular formula is C17H22N6O. The summed E-state index contributed by atoms with van der Waals surface area (Å²) in [6.07, 6.45) is 1.77. The molecule has 3 aromatic rings. The number of imidazole rings is 1. The lowest BCUT2D eigenvalue weighted by Crippen LogP contribution is -2.06. The molecule has 0 saturated heterocycles. The van der Waals surface area contributed by atoms with Gasteiger partial charge in [0.1, 0.15) is 0 Å². The van der Waals surface area contributed by atoms with Crippen molar-refractivity contribution in [2.45, 2.75) is 33.4 Å². The van der Waals surface area contributed by atoms with Gasteiger partial charge in [0.05, 0.1) is 12.9 Å². The topological polar surface area (TPSA) is 90.9 Å². The summed E-state index contributed by atoms with van der Waals surface area (Å²) < 4.78 is 7.65. The van der Waals surface area contributed by atoms with Gasteiger partial charge in [-0.2, -0.15) is 9.97 Å². The lowest BCUT2D eigenvalue weighted by atomic mass is 10.2. The molecule has 24 heavy (non-hydrogen) atoms. The highest BCUT2D eigenvalue weighted by Gasteiger charge is 2.15. The lowest BCUT2D eigenvalue weighted by Gasteiger charge is -2.11. The van der Waals surface area contributed by atoms with Crippen LogP contribution in [0.5, 0.6) is 5.88 Å².